The summed E-state index contributed by atoms with van der Waals surface area (Å²) in [6, 6.07) is 4.83. The van der Waals surface area contributed by atoms with Gasteiger partial charge in [0.1, 0.15) is 0 Å². The monoisotopic (exact) mass is 322 g/mol. The Morgan fingerprint density at radius 2 is 1.93 bits per heavy atom. The molecule has 1 aromatic carbocycles. The van der Waals surface area contributed by atoms with Gasteiger partial charge in [0.2, 0.25) is 0 Å². The summed E-state index contributed by atoms with van der Waals surface area (Å²) in [4.78, 5) is 10.1. The van der Waals surface area contributed by atoms with Gasteiger partial charge in [0, 0.05) is 0 Å². The van der Waals surface area contributed by atoms with Crippen LogP contribution in [-0.4, -0.2) is 5.97 Å². The van der Waals surface area contributed by atoms with Gasteiger partial charge < -0.3 is 9.90 Å². The maximum Gasteiger partial charge on any atom is 1.00 e. The van der Waals surface area contributed by atoms with Gasteiger partial charge in [-0.2, -0.15) is 0 Å². The second-order valence-corrected chi connectivity index (χ2v) is 3.14. The van der Waals surface area contributed by atoms with E-state index in [2.05, 4.69) is 0 Å². The van der Waals surface area contributed by atoms with Crippen LogP contribution in [0, 0.1) is 0 Å². The molecule has 78 valence electrons. The van der Waals surface area contributed by atoms with Crippen molar-refractivity contribution in [3.8, 4) is 0 Å². The largest absolute Gasteiger partial charge is 1.00 e. The van der Waals surface area contributed by atoms with Crippen LogP contribution >= 0.6 is 23.2 Å². The van der Waals surface area contributed by atoms with Gasteiger partial charge in [-0.15, -0.1) is 0 Å². The van der Waals surface area contributed by atoms with Crippen molar-refractivity contribution in [2.24, 2.45) is 0 Å². The van der Waals surface area contributed by atoms with E-state index in [0.717, 1.165) is 6.08 Å². The van der Waals surface area contributed by atoms with E-state index < -0.39 is 5.97 Å². The molecule has 5 heteroatoms. The molecular weight excluding hydrogens is 319 g/mol. The molecule has 0 unspecified atom stereocenters. The molecule has 0 radical (unpaired) electrons. The van der Waals surface area contributed by atoms with Gasteiger partial charge in [0.15, 0.2) is 0 Å². The van der Waals surface area contributed by atoms with Gasteiger partial charge in [-0.05, 0) is 23.8 Å². The third-order valence-electron chi connectivity index (χ3n) is 1.36. The summed E-state index contributed by atoms with van der Waals surface area (Å²) in [6.07, 6.45) is 2.32. The fourth-order valence-electron chi connectivity index (χ4n) is 0.780. The molecule has 0 aliphatic heterocycles. The van der Waals surface area contributed by atoms with Crippen molar-refractivity contribution in [2.45, 2.75) is 0 Å². The van der Waals surface area contributed by atoms with Crippen LogP contribution in [0.3, 0.4) is 0 Å². The summed E-state index contributed by atoms with van der Waals surface area (Å²) in [5.74, 6) is -1.24. The average Bonchev–Trinajstić information content (AvgIpc) is 2.07. The Balaban J connectivity index is 0.00000169. The van der Waals surface area contributed by atoms with Crippen molar-refractivity contribution >= 4 is 35.2 Å². The van der Waals surface area contributed by atoms with Crippen molar-refractivity contribution in [3.05, 3.63) is 39.9 Å². The van der Waals surface area contributed by atoms with Gasteiger partial charge in [-0.25, -0.2) is 0 Å². The fraction of sp³-hybridized carbons (Fsp3) is 0. The van der Waals surface area contributed by atoms with E-state index in [4.69, 9.17) is 23.2 Å². The summed E-state index contributed by atoms with van der Waals surface area (Å²) < 4.78 is 0. The number of rotatable bonds is 2. The SMILES string of the molecule is O=C([O-])/C=C/c1ccc(Cl)c(Cl)c1.[Ag+]. The Hall–Kier alpha value is -0.250. The Labute approximate surface area is 107 Å². The van der Waals surface area contributed by atoms with Crippen LogP contribution in [0.15, 0.2) is 24.3 Å². The van der Waals surface area contributed by atoms with Crippen LogP contribution in [0.25, 0.3) is 6.08 Å². The number of hydrogen-bond acceptors (Lipinski definition) is 2. The minimum Gasteiger partial charge on any atom is -0.545 e. The Kier molecular flexibility index (Phi) is 6.16. The smallest absolute Gasteiger partial charge is 0.545 e. The summed E-state index contributed by atoms with van der Waals surface area (Å²) >= 11 is 11.4. The predicted octanol–water partition coefficient (Wildman–Crippen LogP) is 1.75. The van der Waals surface area contributed by atoms with E-state index in [1.165, 1.54) is 6.08 Å². The van der Waals surface area contributed by atoms with Gasteiger partial charge in [-0.3, -0.25) is 0 Å². The van der Waals surface area contributed by atoms with Crippen molar-refractivity contribution in [2.75, 3.05) is 0 Å². The van der Waals surface area contributed by atoms with E-state index in [1.54, 1.807) is 18.2 Å². The van der Waals surface area contributed by atoms with Crippen LogP contribution in [0.2, 0.25) is 10.0 Å². The summed E-state index contributed by atoms with van der Waals surface area (Å²) in [5.41, 5.74) is 0.665. The molecule has 14 heavy (non-hydrogen) atoms. The zero-order valence-electron chi connectivity index (χ0n) is 6.76. The molecule has 0 saturated heterocycles. The number of hydrogen-bond donors (Lipinski definition) is 0. The van der Waals surface area contributed by atoms with Crippen LogP contribution in [-0.2, 0) is 27.2 Å². The second kappa shape index (κ2) is 6.27. The van der Waals surface area contributed by atoms with Crippen molar-refractivity contribution in [1.29, 1.82) is 0 Å². The molecule has 0 amide bonds. The molecule has 0 spiro atoms. The molecule has 0 atom stereocenters. The first kappa shape index (κ1) is 13.8. The number of benzene rings is 1. The second-order valence-electron chi connectivity index (χ2n) is 2.33. The van der Waals surface area contributed by atoms with E-state index in [1.807, 2.05) is 0 Å². The Bertz CT molecular complexity index is 364. The van der Waals surface area contributed by atoms with Gasteiger partial charge in [0.25, 0.3) is 0 Å². The van der Waals surface area contributed by atoms with Crippen LogP contribution in [0.5, 0.6) is 0 Å². The molecule has 0 N–H and O–H groups in total. The maximum absolute atomic E-state index is 10.1. The molecule has 2 nitrogen and oxygen atoms in total. The first-order valence-corrected chi connectivity index (χ1v) is 4.19. The molecule has 1 aromatic rings. The van der Waals surface area contributed by atoms with Crippen LogP contribution in [0.4, 0.5) is 0 Å². The standard InChI is InChI=1S/C9H6Cl2O2.Ag/c10-7-3-1-6(5-8(7)11)2-4-9(12)13;/h1-5H,(H,12,13);/q;+1/p-1/b4-2+;. The fourth-order valence-corrected chi connectivity index (χ4v) is 1.09. The van der Waals surface area contributed by atoms with E-state index in [9.17, 15) is 9.90 Å². The number of carboxylic acid groups (broad SMARTS) is 1. The van der Waals surface area contributed by atoms with Gasteiger partial charge in [0.05, 0.1) is 16.0 Å². The van der Waals surface area contributed by atoms with E-state index in [-0.39, 0.29) is 22.4 Å². The van der Waals surface area contributed by atoms with Gasteiger partial charge in [-0.1, -0.05) is 35.3 Å². The normalized spacial score (nSPS) is 9.86. The van der Waals surface area contributed by atoms with Crippen molar-refractivity contribution in [1.82, 2.24) is 0 Å². The quantitative estimate of drug-likeness (QED) is 0.614. The molecule has 0 aliphatic carbocycles. The minimum atomic E-state index is -1.24. The zero-order chi connectivity index (χ0) is 9.84. The number of halogens is 2. The maximum atomic E-state index is 10.1. The Morgan fingerprint density at radius 3 is 2.43 bits per heavy atom. The van der Waals surface area contributed by atoms with Crippen molar-refractivity contribution < 1.29 is 32.3 Å². The minimum absolute atomic E-state index is 0. The summed E-state index contributed by atoms with van der Waals surface area (Å²) in [7, 11) is 0. The zero-order valence-corrected chi connectivity index (χ0v) is 9.75. The van der Waals surface area contributed by atoms with E-state index in [0.29, 0.717) is 15.6 Å². The first-order valence-electron chi connectivity index (χ1n) is 3.43. The van der Waals surface area contributed by atoms with Crippen LogP contribution < -0.4 is 5.11 Å². The number of carboxylic acids is 1. The molecule has 0 aliphatic rings. The third-order valence-corrected chi connectivity index (χ3v) is 2.09. The van der Waals surface area contributed by atoms with Crippen LogP contribution in [0.1, 0.15) is 5.56 Å². The van der Waals surface area contributed by atoms with E-state index >= 15 is 0 Å². The number of carbonyl (C=O) groups is 1. The molecule has 0 bridgehead atoms. The van der Waals surface area contributed by atoms with Crippen molar-refractivity contribution in [3.63, 3.8) is 0 Å². The molecule has 0 saturated carbocycles. The molecular formula is C9H5AgCl2O2. The molecule has 0 heterocycles. The molecule has 0 aromatic heterocycles. The topological polar surface area (TPSA) is 40.1 Å². The summed E-state index contributed by atoms with van der Waals surface area (Å²) in [5, 5.41) is 10.9. The Morgan fingerprint density at radius 1 is 1.29 bits per heavy atom. The predicted molar refractivity (Wildman–Crippen MR) is 50.5 cm³/mol. The first-order chi connectivity index (χ1) is 6.09. The number of carbonyl (C=O) groups excluding carboxylic acids is 1. The molecule has 0 fully saturated rings. The summed E-state index contributed by atoms with van der Waals surface area (Å²) in [6.45, 7) is 0. The third kappa shape index (κ3) is 4.31. The average molecular weight is 324 g/mol. The van der Waals surface area contributed by atoms with Gasteiger partial charge >= 0.3 is 22.4 Å². The number of aliphatic carboxylic acids is 1. The molecule has 1 rings (SSSR count).